The average Bonchev–Trinajstić information content (AvgIpc) is 3.34. The molecule has 1 aliphatic heterocycles. The van der Waals surface area contributed by atoms with E-state index in [1.54, 1.807) is 23.0 Å². The van der Waals surface area contributed by atoms with E-state index in [9.17, 15) is 4.79 Å². The van der Waals surface area contributed by atoms with Crippen LogP contribution in [0.4, 0.5) is 5.82 Å². The number of aromatic nitrogens is 6. The van der Waals surface area contributed by atoms with E-state index in [4.69, 9.17) is 0 Å². The fraction of sp³-hybridized carbons (Fsp3) is 0.476. The summed E-state index contributed by atoms with van der Waals surface area (Å²) in [5, 5.41) is 17.6. The van der Waals surface area contributed by atoms with Crippen LogP contribution in [-0.4, -0.2) is 67.4 Å². The van der Waals surface area contributed by atoms with Crippen LogP contribution in [0.2, 0.25) is 0 Å². The molecule has 156 valence electrons. The molecule has 0 bridgehead atoms. The molecule has 9 nitrogen and oxygen atoms in total. The zero-order chi connectivity index (χ0) is 20.3. The average molecular weight is 406 g/mol. The van der Waals surface area contributed by atoms with Gasteiger partial charge in [-0.15, -0.1) is 10.2 Å². The standard InChI is InChI=1S/C21H26N8O/c30-21-7-6-19(28-9-3-8-22-28)25-29(21)15-12-26-10-13-27(14-11-26)20-16-17-4-1-2-5-18(17)23-24-20/h3,6-9,16H,1-2,4-5,10-15H2. The molecule has 1 aliphatic carbocycles. The molecule has 3 aromatic rings. The number of hydrogen-bond acceptors (Lipinski definition) is 7. The maximum Gasteiger partial charge on any atom is 0.266 e. The lowest BCUT2D eigenvalue weighted by atomic mass is 9.97. The smallest absolute Gasteiger partial charge is 0.266 e. The first-order valence-electron chi connectivity index (χ1n) is 10.7. The third kappa shape index (κ3) is 3.97. The molecular formula is C21H26N8O. The number of piperazine rings is 1. The summed E-state index contributed by atoms with van der Waals surface area (Å²) >= 11 is 0. The lowest BCUT2D eigenvalue weighted by Gasteiger charge is -2.35. The topological polar surface area (TPSA) is 85.0 Å². The van der Waals surface area contributed by atoms with Gasteiger partial charge in [0.2, 0.25) is 0 Å². The van der Waals surface area contributed by atoms with Crippen molar-refractivity contribution in [1.29, 1.82) is 0 Å². The highest BCUT2D eigenvalue weighted by Crippen LogP contribution is 2.22. The van der Waals surface area contributed by atoms with Gasteiger partial charge in [0, 0.05) is 51.2 Å². The predicted octanol–water partition coefficient (Wildman–Crippen LogP) is 0.920. The molecule has 0 unspecified atom stereocenters. The summed E-state index contributed by atoms with van der Waals surface area (Å²) in [4.78, 5) is 16.9. The van der Waals surface area contributed by atoms with Gasteiger partial charge in [-0.05, 0) is 49.4 Å². The van der Waals surface area contributed by atoms with E-state index in [2.05, 4.69) is 36.3 Å². The fourth-order valence-corrected chi connectivity index (χ4v) is 4.19. The molecule has 1 saturated heterocycles. The summed E-state index contributed by atoms with van der Waals surface area (Å²) in [5.74, 6) is 1.65. The van der Waals surface area contributed by atoms with Gasteiger partial charge in [0.1, 0.15) is 0 Å². The maximum atomic E-state index is 12.2. The molecule has 0 saturated carbocycles. The zero-order valence-electron chi connectivity index (χ0n) is 17.0. The zero-order valence-corrected chi connectivity index (χ0v) is 17.0. The van der Waals surface area contributed by atoms with Gasteiger partial charge in [0.25, 0.3) is 5.56 Å². The highest BCUT2D eigenvalue weighted by molar-refractivity contribution is 5.42. The summed E-state index contributed by atoms with van der Waals surface area (Å²) in [7, 11) is 0. The summed E-state index contributed by atoms with van der Waals surface area (Å²) in [6, 6.07) is 7.33. The Balaban J connectivity index is 1.18. The first-order valence-corrected chi connectivity index (χ1v) is 10.7. The largest absolute Gasteiger partial charge is 0.353 e. The van der Waals surface area contributed by atoms with Crippen LogP contribution >= 0.6 is 0 Å². The SMILES string of the molecule is O=c1ccc(-n2cccn2)nn1CCN1CCN(c2cc3c(nn2)CCCC3)CC1. The van der Waals surface area contributed by atoms with Crippen molar-refractivity contribution in [2.75, 3.05) is 37.6 Å². The minimum absolute atomic E-state index is 0.0890. The lowest BCUT2D eigenvalue weighted by Crippen LogP contribution is -2.48. The van der Waals surface area contributed by atoms with E-state index < -0.39 is 0 Å². The van der Waals surface area contributed by atoms with Crippen LogP contribution in [0, 0.1) is 0 Å². The Bertz CT molecular complexity index is 1050. The molecule has 0 radical (unpaired) electrons. The van der Waals surface area contributed by atoms with Crippen LogP contribution in [0.25, 0.3) is 5.82 Å². The molecule has 5 rings (SSSR count). The van der Waals surface area contributed by atoms with Gasteiger partial charge in [0.05, 0.1) is 12.2 Å². The monoisotopic (exact) mass is 406 g/mol. The first kappa shape index (κ1) is 18.9. The molecule has 0 spiro atoms. The van der Waals surface area contributed by atoms with Gasteiger partial charge < -0.3 is 4.90 Å². The molecule has 0 atom stereocenters. The quantitative estimate of drug-likeness (QED) is 0.623. The van der Waals surface area contributed by atoms with Crippen LogP contribution in [0.15, 0.2) is 41.5 Å². The van der Waals surface area contributed by atoms with Crippen LogP contribution in [0.5, 0.6) is 0 Å². The molecule has 0 amide bonds. The summed E-state index contributed by atoms with van der Waals surface area (Å²) < 4.78 is 3.19. The molecular weight excluding hydrogens is 380 g/mol. The Morgan fingerprint density at radius 1 is 0.933 bits per heavy atom. The Kier molecular flexibility index (Phi) is 5.27. The van der Waals surface area contributed by atoms with Crippen molar-refractivity contribution in [3.05, 3.63) is 58.3 Å². The number of fused-ring (bicyclic) bond motifs is 1. The van der Waals surface area contributed by atoms with E-state index in [0.29, 0.717) is 12.4 Å². The van der Waals surface area contributed by atoms with Crippen molar-refractivity contribution in [2.45, 2.75) is 32.2 Å². The summed E-state index contributed by atoms with van der Waals surface area (Å²) in [6.07, 6.45) is 8.18. The first-order chi connectivity index (χ1) is 14.8. The third-order valence-electron chi connectivity index (χ3n) is 5.97. The Morgan fingerprint density at radius 2 is 1.80 bits per heavy atom. The number of rotatable bonds is 5. The number of nitrogens with zero attached hydrogens (tertiary/aromatic N) is 8. The molecule has 4 heterocycles. The van der Waals surface area contributed by atoms with Crippen LogP contribution in [0.3, 0.4) is 0 Å². The van der Waals surface area contributed by atoms with Crippen molar-refractivity contribution < 1.29 is 0 Å². The molecule has 1 fully saturated rings. The highest BCUT2D eigenvalue weighted by atomic mass is 16.1. The number of anilines is 1. The Hall–Kier alpha value is -3.07. The molecule has 9 heteroatoms. The van der Waals surface area contributed by atoms with Crippen molar-refractivity contribution in [1.82, 2.24) is 34.7 Å². The predicted molar refractivity (Wildman–Crippen MR) is 113 cm³/mol. The molecule has 30 heavy (non-hydrogen) atoms. The second-order valence-corrected chi connectivity index (χ2v) is 7.91. The van der Waals surface area contributed by atoms with Crippen LogP contribution < -0.4 is 10.5 Å². The van der Waals surface area contributed by atoms with Crippen molar-refractivity contribution in [3.8, 4) is 5.82 Å². The van der Waals surface area contributed by atoms with Gasteiger partial charge in [-0.3, -0.25) is 9.69 Å². The Morgan fingerprint density at radius 3 is 2.63 bits per heavy atom. The minimum Gasteiger partial charge on any atom is -0.353 e. The molecule has 2 aliphatic rings. The van der Waals surface area contributed by atoms with Gasteiger partial charge in [0.15, 0.2) is 11.6 Å². The van der Waals surface area contributed by atoms with Crippen LogP contribution in [-0.2, 0) is 19.4 Å². The van der Waals surface area contributed by atoms with E-state index in [1.165, 1.54) is 28.8 Å². The molecule has 3 aromatic heterocycles. The van der Waals surface area contributed by atoms with Crippen LogP contribution in [0.1, 0.15) is 24.1 Å². The van der Waals surface area contributed by atoms with Crippen molar-refractivity contribution in [2.24, 2.45) is 0 Å². The van der Waals surface area contributed by atoms with Gasteiger partial charge in [-0.25, -0.2) is 9.36 Å². The van der Waals surface area contributed by atoms with Gasteiger partial charge in [-0.2, -0.15) is 10.2 Å². The summed E-state index contributed by atoms with van der Waals surface area (Å²) in [5.41, 5.74) is 2.46. The third-order valence-corrected chi connectivity index (χ3v) is 5.97. The van der Waals surface area contributed by atoms with E-state index in [0.717, 1.165) is 51.4 Å². The molecule has 0 N–H and O–H groups in total. The van der Waals surface area contributed by atoms with E-state index >= 15 is 0 Å². The van der Waals surface area contributed by atoms with E-state index in [1.807, 2.05) is 12.3 Å². The minimum atomic E-state index is -0.0890. The second kappa shape index (κ2) is 8.35. The van der Waals surface area contributed by atoms with Crippen molar-refractivity contribution in [3.63, 3.8) is 0 Å². The second-order valence-electron chi connectivity index (χ2n) is 7.91. The lowest BCUT2D eigenvalue weighted by molar-refractivity contribution is 0.242. The highest BCUT2D eigenvalue weighted by Gasteiger charge is 2.20. The van der Waals surface area contributed by atoms with E-state index in [-0.39, 0.29) is 5.56 Å². The number of hydrogen-bond donors (Lipinski definition) is 0. The normalized spacial score (nSPS) is 17.1. The fourth-order valence-electron chi connectivity index (χ4n) is 4.19. The Labute approximate surface area is 174 Å². The molecule has 0 aromatic carbocycles. The van der Waals surface area contributed by atoms with Gasteiger partial charge >= 0.3 is 0 Å². The summed E-state index contributed by atoms with van der Waals surface area (Å²) in [6.45, 7) is 5.07. The van der Waals surface area contributed by atoms with Gasteiger partial charge in [-0.1, -0.05) is 0 Å². The maximum absolute atomic E-state index is 12.2. The van der Waals surface area contributed by atoms with Crippen molar-refractivity contribution >= 4 is 5.82 Å². The number of aryl methyl sites for hydroxylation is 2.